The summed E-state index contributed by atoms with van der Waals surface area (Å²) in [6.07, 6.45) is 2.11. The van der Waals surface area contributed by atoms with Gasteiger partial charge >= 0.3 is 0 Å². The topological polar surface area (TPSA) is 58.2 Å². The molecule has 0 radical (unpaired) electrons. The van der Waals surface area contributed by atoms with Crippen LogP contribution in [0, 0.1) is 5.92 Å². The molecule has 2 N–H and O–H groups in total. The molecule has 0 heterocycles. The monoisotopic (exact) mass is 324 g/mol. The molecule has 24 heavy (non-hydrogen) atoms. The molecule has 0 saturated heterocycles. The fourth-order valence-corrected chi connectivity index (χ4v) is 2.50. The van der Waals surface area contributed by atoms with E-state index in [0.717, 1.165) is 29.8 Å². The minimum Gasteiger partial charge on any atom is -0.326 e. The Bertz CT molecular complexity index is 683. The summed E-state index contributed by atoms with van der Waals surface area (Å²) in [6, 6.07) is 16.8. The average Bonchev–Trinajstić information content (AvgIpc) is 2.56. The Labute approximate surface area is 143 Å². The molecule has 4 nitrogen and oxygen atoms in total. The van der Waals surface area contributed by atoms with E-state index < -0.39 is 0 Å². The molecule has 2 rings (SSSR count). The lowest BCUT2D eigenvalue weighted by molar-refractivity contribution is -0.119. The minimum atomic E-state index is -0.0796. The van der Waals surface area contributed by atoms with Gasteiger partial charge in [-0.05, 0) is 36.2 Å². The van der Waals surface area contributed by atoms with E-state index in [-0.39, 0.29) is 24.2 Å². The van der Waals surface area contributed by atoms with Gasteiger partial charge < -0.3 is 10.6 Å². The lowest BCUT2D eigenvalue weighted by atomic mass is 10.1. The Morgan fingerprint density at radius 3 is 2.38 bits per heavy atom. The van der Waals surface area contributed by atoms with Gasteiger partial charge in [0.15, 0.2) is 0 Å². The minimum absolute atomic E-state index is 0.0139. The lowest BCUT2D eigenvalue weighted by Gasteiger charge is -2.12. The third kappa shape index (κ3) is 5.54. The summed E-state index contributed by atoms with van der Waals surface area (Å²) in [5.41, 5.74) is 2.37. The van der Waals surface area contributed by atoms with Crippen molar-refractivity contribution >= 4 is 23.2 Å². The van der Waals surface area contributed by atoms with Gasteiger partial charge in [-0.15, -0.1) is 0 Å². The number of benzene rings is 2. The second-order valence-corrected chi connectivity index (χ2v) is 5.97. The summed E-state index contributed by atoms with van der Waals surface area (Å²) >= 11 is 0. The Balaban J connectivity index is 1.95. The first-order valence-corrected chi connectivity index (χ1v) is 8.33. The molecule has 0 aliphatic heterocycles. The highest BCUT2D eigenvalue weighted by molar-refractivity contribution is 5.94. The first-order chi connectivity index (χ1) is 11.6. The van der Waals surface area contributed by atoms with Crippen LogP contribution in [0.4, 0.5) is 11.4 Å². The Kier molecular flexibility index (Phi) is 6.55. The normalized spacial score (nSPS) is 11.6. The maximum absolute atomic E-state index is 12.1. The maximum Gasteiger partial charge on any atom is 0.228 e. The van der Waals surface area contributed by atoms with Crippen LogP contribution in [0.2, 0.25) is 0 Å². The van der Waals surface area contributed by atoms with Gasteiger partial charge in [0, 0.05) is 17.3 Å². The van der Waals surface area contributed by atoms with E-state index in [2.05, 4.69) is 17.6 Å². The predicted octanol–water partition coefficient (Wildman–Crippen LogP) is 4.24. The fourth-order valence-electron chi connectivity index (χ4n) is 2.50. The van der Waals surface area contributed by atoms with Gasteiger partial charge in [-0.2, -0.15) is 0 Å². The Morgan fingerprint density at radius 1 is 0.958 bits per heavy atom. The summed E-state index contributed by atoms with van der Waals surface area (Å²) in [5.74, 6) is -0.0770. The van der Waals surface area contributed by atoms with Crippen LogP contribution in [0.15, 0.2) is 54.6 Å². The zero-order valence-electron chi connectivity index (χ0n) is 14.2. The molecular formula is C20H24N2O2. The number of anilines is 2. The second kappa shape index (κ2) is 8.87. The van der Waals surface area contributed by atoms with Crippen molar-refractivity contribution in [2.24, 2.45) is 5.92 Å². The van der Waals surface area contributed by atoms with E-state index in [1.807, 2.05) is 61.5 Å². The van der Waals surface area contributed by atoms with Crippen LogP contribution in [0.5, 0.6) is 0 Å². The molecule has 1 atom stereocenters. The van der Waals surface area contributed by atoms with E-state index in [0.29, 0.717) is 0 Å². The molecule has 0 fully saturated rings. The number of carbonyl (C=O) groups excluding carboxylic acids is 2. The van der Waals surface area contributed by atoms with Crippen molar-refractivity contribution in [1.82, 2.24) is 0 Å². The summed E-state index contributed by atoms with van der Waals surface area (Å²) in [6.45, 7) is 3.99. The molecule has 0 spiro atoms. The van der Waals surface area contributed by atoms with Crippen LogP contribution < -0.4 is 10.6 Å². The van der Waals surface area contributed by atoms with Crippen LogP contribution in [0.25, 0.3) is 0 Å². The molecule has 0 aliphatic rings. The van der Waals surface area contributed by atoms with Gasteiger partial charge in [0.1, 0.15) is 0 Å². The smallest absolute Gasteiger partial charge is 0.228 e. The SMILES string of the molecule is CCCC(C)C(=O)Nc1cccc(CC(=O)Nc2ccccc2)c1. The van der Waals surface area contributed by atoms with Crippen molar-refractivity contribution in [2.45, 2.75) is 33.1 Å². The Morgan fingerprint density at radius 2 is 1.67 bits per heavy atom. The van der Waals surface area contributed by atoms with Gasteiger partial charge in [0.2, 0.25) is 11.8 Å². The molecule has 0 saturated carbocycles. The van der Waals surface area contributed by atoms with Crippen molar-refractivity contribution in [3.05, 3.63) is 60.2 Å². The summed E-state index contributed by atoms with van der Waals surface area (Å²) in [5, 5.41) is 5.78. The molecule has 1 unspecified atom stereocenters. The summed E-state index contributed by atoms with van der Waals surface area (Å²) in [7, 11) is 0. The molecule has 0 aromatic heterocycles. The Hall–Kier alpha value is -2.62. The van der Waals surface area contributed by atoms with E-state index >= 15 is 0 Å². The first kappa shape index (κ1) is 17.7. The third-order valence-corrected chi connectivity index (χ3v) is 3.79. The van der Waals surface area contributed by atoms with Crippen LogP contribution in [0.3, 0.4) is 0 Å². The lowest BCUT2D eigenvalue weighted by Crippen LogP contribution is -2.20. The number of rotatable bonds is 7. The van der Waals surface area contributed by atoms with Crippen molar-refractivity contribution in [3.8, 4) is 0 Å². The molecule has 0 bridgehead atoms. The predicted molar refractivity (Wildman–Crippen MR) is 97.9 cm³/mol. The van der Waals surface area contributed by atoms with Gasteiger partial charge in [0.25, 0.3) is 0 Å². The van der Waals surface area contributed by atoms with Crippen molar-refractivity contribution in [3.63, 3.8) is 0 Å². The number of carbonyl (C=O) groups is 2. The zero-order valence-corrected chi connectivity index (χ0v) is 14.2. The average molecular weight is 324 g/mol. The number of hydrogen-bond acceptors (Lipinski definition) is 2. The third-order valence-electron chi connectivity index (χ3n) is 3.79. The highest BCUT2D eigenvalue weighted by Crippen LogP contribution is 2.15. The molecule has 126 valence electrons. The number of hydrogen-bond donors (Lipinski definition) is 2. The fraction of sp³-hybridized carbons (Fsp3) is 0.300. The van der Waals surface area contributed by atoms with Crippen molar-refractivity contribution in [2.75, 3.05) is 10.6 Å². The van der Waals surface area contributed by atoms with Gasteiger partial charge in [0.05, 0.1) is 6.42 Å². The van der Waals surface area contributed by atoms with Crippen LogP contribution in [0.1, 0.15) is 32.3 Å². The van der Waals surface area contributed by atoms with E-state index in [9.17, 15) is 9.59 Å². The number of nitrogens with one attached hydrogen (secondary N) is 2. The molecule has 4 heteroatoms. The molecule has 2 aromatic rings. The van der Waals surface area contributed by atoms with Crippen molar-refractivity contribution < 1.29 is 9.59 Å². The van der Waals surface area contributed by atoms with Crippen LogP contribution in [-0.2, 0) is 16.0 Å². The highest BCUT2D eigenvalue weighted by atomic mass is 16.2. The molecule has 0 aliphatic carbocycles. The summed E-state index contributed by atoms with van der Waals surface area (Å²) < 4.78 is 0. The number of para-hydroxylation sites is 1. The van der Waals surface area contributed by atoms with E-state index in [1.165, 1.54) is 0 Å². The standard InChI is InChI=1S/C20H24N2O2/c1-3-8-15(2)20(24)22-18-12-7-9-16(13-18)14-19(23)21-17-10-5-4-6-11-17/h4-7,9-13,15H,3,8,14H2,1-2H3,(H,21,23)(H,22,24). The van der Waals surface area contributed by atoms with E-state index in [1.54, 1.807) is 0 Å². The van der Waals surface area contributed by atoms with Gasteiger partial charge in [-0.1, -0.05) is 50.6 Å². The number of amides is 2. The molecule has 2 aromatic carbocycles. The highest BCUT2D eigenvalue weighted by Gasteiger charge is 2.12. The quantitative estimate of drug-likeness (QED) is 0.800. The maximum atomic E-state index is 12.1. The van der Waals surface area contributed by atoms with Gasteiger partial charge in [-0.3, -0.25) is 9.59 Å². The van der Waals surface area contributed by atoms with Gasteiger partial charge in [-0.25, -0.2) is 0 Å². The molecular weight excluding hydrogens is 300 g/mol. The van der Waals surface area contributed by atoms with Crippen LogP contribution >= 0.6 is 0 Å². The van der Waals surface area contributed by atoms with Crippen molar-refractivity contribution in [1.29, 1.82) is 0 Å². The second-order valence-electron chi connectivity index (χ2n) is 5.97. The first-order valence-electron chi connectivity index (χ1n) is 8.33. The van der Waals surface area contributed by atoms with Crippen LogP contribution in [-0.4, -0.2) is 11.8 Å². The largest absolute Gasteiger partial charge is 0.326 e. The zero-order chi connectivity index (χ0) is 17.4. The van der Waals surface area contributed by atoms with E-state index in [4.69, 9.17) is 0 Å². The molecule has 2 amide bonds. The summed E-state index contributed by atoms with van der Waals surface area (Å²) in [4.78, 5) is 24.2.